The van der Waals surface area contributed by atoms with Gasteiger partial charge in [0, 0.05) is 7.11 Å². The van der Waals surface area contributed by atoms with Gasteiger partial charge in [0.15, 0.2) is 12.1 Å². The van der Waals surface area contributed by atoms with Crippen LogP contribution < -0.4 is 5.19 Å². The predicted octanol–water partition coefficient (Wildman–Crippen LogP) is 1.85. The molecule has 3 rings (SSSR count). The van der Waals surface area contributed by atoms with Gasteiger partial charge in [0.25, 0.3) is 0 Å². The second-order valence-electron chi connectivity index (χ2n) is 7.79. The van der Waals surface area contributed by atoms with Gasteiger partial charge in [0.05, 0.1) is 14.2 Å². The van der Waals surface area contributed by atoms with Gasteiger partial charge in [-0.1, -0.05) is 48.6 Å². The number of hydrogen-bond acceptors (Lipinski definition) is 5. The third-order valence-electron chi connectivity index (χ3n) is 4.93. The summed E-state index contributed by atoms with van der Waals surface area (Å²) in [6, 6.07) is 11.1. The van der Waals surface area contributed by atoms with Crippen LogP contribution >= 0.6 is 0 Å². The lowest BCUT2D eigenvalue weighted by molar-refractivity contribution is -0.235. The van der Waals surface area contributed by atoms with E-state index >= 15 is 0 Å². The minimum atomic E-state index is -1.79. The van der Waals surface area contributed by atoms with Crippen LogP contribution in [0.25, 0.3) is 0 Å². The molecular weight excluding hydrogens is 324 g/mol. The van der Waals surface area contributed by atoms with Gasteiger partial charge in [-0.25, -0.2) is 0 Å². The van der Waals surface area contributed by atoms with Crippen LogP contribution in [-0.2, 0) is 18.9 Å². The molecule has 2 aliphatic rings. The summed E-state index contributed by atoms with van der Waals surface area (Å²) in [4.78, 5) is 0. The maximum atomic E-state index is 10.9. The van der Waals surface area contributed by atoms with Gasteiger partial charge in [-0.2, -0.15) is 0 Å². The Kier molecular flexibility index (Phi) is 4.90. The maximum absolute atomic E-state index is 10.9. The fraction of sp³-hybridized carbons (Fsp3) is 0.667. The molecule has 2 aliphatic heterocycles. The van der Waals surface area contributed by atoms with E-state index in [1.54, 1.807) is 7.11 Å². The summed E-state index contributed by atoms with van der Waals surface area (Å²) in [5.41, 5.74) is 0. The van der Waals surface area contributed by atoms with Gasteiger partial charge >= 0.3 is 0 Å². The van der Waals surface area contributed by atoms with Crippen LogP contribution in [0.5, 0.6) is 0 Å². The molecule has 1 aromatic carbocycles. The number of benzene rings is 1. The summed E-state index contributed by atoms with van der Waals surface area (Å²) in [7, 11) is -0.198. The lowest BCUT2D eigenvalue weighted by atomic mass is 10.1. The molecule has 0 bridgehead atoms. The van der Waals surface area contributed by atoms with Crippen LogP contribution in [0.2, 0.25) is 19.1 Å². The third-order valence-corrected chi connectivity index (χ3v) is 8.27. The fourth-order valence-corrected chi connectivity index (χ4v) is 6.35. The Labute approximate surface area is 144 Å². The van der Waals surface area contributed by atoms with Gasteiger partial charge in [-0.05, 0) is 19.9 Å². The average Bonchev–Trinajstić information content (AvgIpc) is 3.00. The molecule has 5 nitrogen and oxygen atoms in total. The lowest BCUT2D eigenvalue weighted by Gasteiger charge is -2.31. The van der Waals surface area contributed by atoms with Crippen molar-refractivity contribution in [3.8, 4) is 0 Å². The number of methoxy groups -OCH3 is 1. The molecule has 2 saturated heterocycles. The van der Waals surface area contributed by atoms with Gasteiger partial charge in [0.1, 0.15) is 18.3 Å². The zero-order valence-corrected chi connectivity index (χ0v) is 16.1. The Morgan fingerprint density at radius 1 is 1.17 bits per heavy atom. The summed E-state index contributed by atoms with van der Waals surface area (Å²) in [5.74, 6) is -0.680. The Morgan fingerprint density at radius 3 is 2.42 bits per heavy atom. The molecule has 0 aliphatic carbocycles. The Balaban J connectivity index is 1.74. The molecule has 24 heavy (non-hydrogen) atoms. The van der Waals surface area contributed by atoms with Gasteiger partial charge in [-0.15, -0.1) is 0 Å². The first-order chi connectivity index (χ1) is 11.2. The van der Waals surface area contributed by atoms with Crippen LogP contribution in [0.15, 0.2) is 30.3 Å². The molecule has 0 saturated carbocycles. The summed E-state index contributed by atoms with van der Waals surface area (Å²) in [5, 5.41) is 12.2. The van der Waals surface area contributed by atoms with E-state index in [9.17, 15) is 5.11 Å². The molecule has 0 radical (unpaired) electrons. The molecule has 0 unspecified atom stereocenters. The Bertz CT molecular complexity index is 562. The normalized spacial score (nSPS) is 33.4. The molecule has 2 fully saturated rings. The van der Waals surface area contributed by atoms with E-state index < -0.39 is 32.4 Å². The van der Waals surface area contributed by atoms with Crippen molar-refractivity contribution in [2.75, 3.05) is 7.11 Å². The number of ether oxygens (including phenoxy) is 4. The molecule has 1 N–H and O–H groups in total. The zero-order chi connectivity index (χ0) is 17.5. The number of fused-ring (bicyclic) bond motifs is 1. The number of aliphatic hydroxyl groups excluding tert-OH is 1. The Hall–Kier alpha value is -0.763. The second kappa shape index (κ2) is 6.51. The van der Waals surface area contributed by atoms with Crippen molar-refractivity contribution in [2.45, 2.75) is 69.5 Å². The van der Waals surface area contributed by atoms with Crippen LogP contribution in [0.1, 0.15) is 13.8 Å². The summed E-state index contributed by atoms with van der Waals surface area (Å²) in [6.07, 6.45) is -2.15. The maximum Gasteiger partial charge on any atom is 0.186 e. The van der Waals surface area contributed by atoms with Gasteiger partial charge in [-0.3, -0.25) is 0 Å². The first-order valence-corrected chi connectivity index (χ1v) is 11.7. The summed E-state index contributed by atoms with van der Waals surface area (Å²) < 4.78 is 23.2. The first kappa shape index (κ1) is 18.0. The van der Waals surface area contributed by atoms with Crippen molar-refractivity contribution in [3.05, 3.63) is 30.3 Å². The van der Waals surface area contributed by atoms with Crippen molar-refractivity contribution in [1.29, 1.82) is 0 Å². The minimum Gasteiger partial charge on any atom is -0.391 e. The molecular formula is C18H28O5Si. The average molecular weight is 353 g/mol. The van der Waals surface area contributed by atoms with Gasteiger partial charge in [0.2, 0.25) is 0 Å². The zero-order valence-electron chi connectivity index (χ0n) is 15.1. The highest BCUT2D eigenvalue weighted by atomic mass is 28.3. The van der Waals surface area contributed by atoms with Crippen molar-refractivity contribution in [3.63, 3.8) is 0 Å². The van der Waals surface area contributed by atoms with E-state index in [4.69, 9.17) is 18.9 Å². The van der Waals surface area contributed by atoms with E-state index in [2.05, 4.69) is 37.4 Å². The molecule has 0 aromatic heterocycles. The highest BCUT2D eigenvalue weighted by molar-refractivity contribution is 6.89. The molecule has 0 spiro atoms. The lowest BCUT2D eigenvalue weighted by Crippen LogP contribution is -2.48. The summed E-state index contributed by atoms with van der Waals surface area (Å²) in [6.45, 7) is 8.29. The minimum absolute atomic E-state index is 0.300. The van der Waals surface area contributed by atoms with Crippen molar-refractivity contribution >= 4 is 13.3 Å². The van der Waals surface area contributed by atoms with Crippen LogP contribution in [0.4, 0.5) is 0 Å². The molecule has 2 heterocycles. The molecule has 0 amide bonds. The van der Waals surface area contributed by atoms with E-state index in [0.29, 0.717) is 6.04 Å². The molecule has 6 heteroatoms. The smallest absolute Gasteiger partial charge is 0.186 e. The molecule has 5 atom stereocenters. The Morgan fingerprint density at radius 2 is 1.79 bits per heavy atom. The van der Waals surface area contributed by atoms with Crippen LogP contribution in [-0.4, -0.2) is 56.8 Å². The van der Waals surface area contributed by atoms with Crippen LogP contribution in [0, 0.1) is 0 Å². The largest absolute Gasteiger partial charge is 0.391 e. The van der Waals surface area contributed by atoms with E-state index in [-0.39, 0.29) is 12.2 Å². The van der Waals surface area contributed by atoms with Crippen LogP contribution in [0.3, 0.4) is 0 Å². The highest BCUT2D eigenvalue weighted by Crippen LogP contribution is 2.40. The standard InChI is InChI=1S/C18H28O5Si/c1-18(2)22-15-14(21-17(20-3)16(15)23-18)13(19)11-24(4,5)12-9-7-6-8-10-12/h6-10,13-17,19H,11H2,1-5H3/t13-,14-,15+,16+,17+/m1/s1. The fourth-order valence-electron chi connectivity index (χ4n) is 3.74. The summed E-state index contributed by atoms with van der Waals surface area (Å²) >= 11 is 0. The van der Waals surface area contributed by atoms with E-state index in [1.165, 1.54) is 5.19 Å². The number of hydrogen-bond donors (Lipinski definition) is 1. The first-order valence-electron chi connectivity index (χ1n) is 8.51. The van der Waals surface area contributed by atoms with Crippen molar-refractivity contribution < 1.29 is 24.1 Å². The SMILES string of the molecule is CO[C@H]1O[C@H]([C@H](O)C[Si](C)(C)c2ccccc2)[C@@H]2OC(C)(C)O[C@H]12. The van der Waals surface area contributed by atoms with E-state index in [1.807, 2.05) is 19.9 Å². The predicted molar refractivity (Wildman–Crippen MR) is 93.9 cm³/mol. The van der Waals surface area contributed by atoms with Crippen molar-refractivity contribution in [1.82, 2.24) is 0 Å². The number of rotatable bonds is 5. The highest BCUT2D eigenvalue weighted by Gasteiger charge is 2.57. The molecule has 134 valence electrons. The van der Waals surface area contributed by atoms with Crippen molar-refractivity contribution in [2.24, 2.45) is 0 Å². The second-order valence-corrected chi connectivity index (χ2v) is 12.5. The quantitative estimate of drug-likeness (QED) is 0.820. The monoisotopic (exact) mass is 352 g/mol. The van der Waals surface area contributed by atoms with Gasteiger partial charge < -0.3 is 24.1 Å². The number of aliphatic hydroxyl groups is 1. The third kappa shape index (κ3) is 3.45. The van der Waals surface area contributed by atoms with E-state index in [0.717, 1.165) is 0 Å². The molecule has 1 aromatic rings. The topological polar surface area (TPSA) is 57.2 Å².